The van der Waals surface area contributed by atoms with Crippen LogP contribution < -0.4 is 10.6 Å². The van der Waals surface area contributed by atoms with Crippen LogP contribution in [0.15, 0.2) is 64.7 Å². The predicted molar refractivity (Wildman–Crippen MR) is 123 cm³/mol. The lowest BCUT2D eigenvalue weighted by molar-refractivity contribution is -0.139. The summed E-state index contributed by atoms with van der Waals surface area (Å²) in [4.78, 5) is 38.2. The van der Waals surface area contributed by atoms with Gasteiger partial charge in [0.05, 0.1) is 45.2 Å². The molecule has 2 amide bonds. The molecule has 8 nitrogen and oxygen atoms in total. The first-order valence-electron chi connectivity index (χ1n) is 10.2. The van der Waals surface area contributed by atoms with Crippen LogP contribution in [0, 0.1) is 0 Å². The van der Waals surface area contributed by atoms with Crippen molar-refractivity contribution in [1.29, 1.82) is 0 Å². The van der Waals surface area contributed by atoms with Crippen LogP contribution in [0.3, 0.4) is 0 Å². The first-order chi connectivity index (χ1) is 15.8. The Hall–Kier alpha value is -3.17. The second-order valence-electron chi connectivity index (χ2n) is 6.90. The van der Waals surface area contributed by atoms with Gasteiger partial charge in [0.25, 0.3) is 0 Å². The van der Waals surface area contributed by atoms with Crippen LogP contribution in [0.2, 0.25) is 5.02 Å². The zero-order valence-electron chi connectivity index (χ0n) is 18.1. The maximum atomic E-state index is 12.8. The molecule has 0 saturated carbocycles. The number of ether oxygens (including phenoxy) is 2. The molecule has 3 rings (SSSR count). The minimum atomic E-state index is -1.36. The third kappa shape index (κ3) is 5.80. The number of hydrogen-bond acceptors (Lipinski definition) is 6. The molecule has 0 fully saturated rings. The van der Waals surface area contributed by atoms with Crippen LogP contribution >= 0.6 is 11.6 Å². The second kappa shape index (κ2) is 11.1. The summed E-state index contributed by atoms with van der Waals surface area (Å²) < 4.78 is 22.9. The van der Waals surface area contributed by atoms with Gasteiger partial charge in [-0.2, -0.15) is 0 Å². The van der Waals surface area contributed by atoms with E-state index in [1.54, 1.807) is 56.3 Å². The van der Waals surface area contributed by atoms with Crippen molar-refractivity contribution in [2.24, 2.45) is 0 Å². The maximum Gasteiger partial charge on any atom is 0.339 e. The van der Waals surface area contributed by atoms with Crippen LogP contribution in [-0.4, -0.2) is 41.1 Å². The number of esters is 2. The molecule has 33 heavy (non-hydrogen) atoms. The highest BCUT2D eigenvalue weighted by Gasteiger charge is 2.34. The topological polar surface area (TPSA) is 111 Å². The van der Waals surface area contributed by atoms with Gasteiger partial charge in [0, 0.05) is 10.8 Å². The van der Waals surface area contributed by atoms with Gasteiger partial charge in [0.1, 0.15) is 6.61 Å². The molecule has 1 aliphatic rings. The monoisotopic (exact) mass is 490 g/mol. The van der Waals surface area contributed by atoms with E-state index in [0.29, 0.717) is 21.2 Å². The fourth-order valence-electron chi connectivity index (χ4n) is 3.29. The van der Waals surface area contributed by atoms with Gasteiger partial charge in [-0.05, 0) is 36.8 Å². The molecule has 0 radical (unpaired) electrons. The fraction of sp³-hybridized carbons (Fsp3) is 0.261. The first-order valence-corrected chi connectivity index (χ1v) is 11.9. The fourth-order valence-corrected chi connectivity index (χ4v) is 4.36. The number of hydrogen-bond donors (Lipinski definition) is 2. The number of carbonyl (C=O) groups excluding carboxylic acids is 3. The van der Waals surface area contributed by atoms with Crippen molar-refractivity contribution in [1.82, 2.24) is 10.6 Å². The van der Waals surface area contributed by atoms with Gasteiger partial charge < -0.3 is 20.1 Å². The minimum Gasteiger partial charge on any atom is -0.463 e. The van der Waals surface area contributed by atoms with Crippen molar-refractivity contribution >= 4 is 40.4 Å². The lowest BCUT2D eigenvalue weighted by Crippen LogP contribution is -2.47. The number of halogens is 1. The van der Waals surface area contributed by atoms with E-state index in [2.05, 4.69) is 10.6 Å². The Bertz CT molecular complexity index is 1120. The number of rotatable bonds is 8. The Kier molecular flexibility index (Phi) is 8.24. The average molecular weight is 491 g/mol. The molecular weight excluding hydrogens is 468 g/mol. The highest BCUT2D eigenvalue weighted by Crippen LogP contribution is 2.29. The molecule has 1 aliphatic heterocycles. The van der Waals surface area contributed by atoms with Crippen molar-refractivity contribution in [3.05, 3.63) is 76.0 Å². The number of urea groups is 1. The van der Waals surface area contributed by atoms with Crippen LogP contribution in [-0.2, 0) is 25.1 Å². The Morgan fingerprint density at radius 2 is 1.73 bits per heavy atom. The van der Waals surface area contributed by atoms with Crippen LogP contribution in [0.25, 0.3) is 0 Å². The third-order valence-corrected chi connectivity index (χ3v) is 6.44. The molecule has 0 bridgehead atoms. The Labute approximate surface area is 198 Å². The highest BCUT2D eigenvalue weighted by atomic mass is 35.5. The summed E-state index contributed by atoms with van der Waals surface area (Å²) in [5.74, 6) is -1.05. The van der Waals surface area contributed by atoms with E-state index in [-0.39, 0.29) is 23.4 Å². The van der Waals surface area contributed by atoms with Gasteiger partial charge in [0.15, 0.2) is 0 Å². The summed E-state index contributed by atoms with van der Waals surface area (Å²) in [7, 11) is -1.36. The molecule has 0 spiro atoms. The summed E-state index contributed by atoms with van der Waals surface area (Å²) >= 11 is 5.96. The molecule has 0 aliphatic carbocycles. The summed E-state index contributed by atoms with van der Waals surface area (Å²) in [5, 5.41) is 5.73. The van der Waals surface area contributed by atoms with E-state index in [1.165, 1.54) is 6.07 Å². The Morgan fingerprint density at radius 3 is 2.39 bits per heavy atom. The largest absolute Gasteiger partial charge is 0.463 e. The maximum absolute atomic E-state index is 12.8. The van der Waals surface area contributed by atoms with Crippen molar-refractivity contribution in [2.75, 3.05) is 19.0 Å². The molecule has 2 aromatic rings. The van der Waals surface area contributed by atoms with E-state index < -0.39 is 41.4 Å². The number of benzene rings is 2. The molecule has 0 unspecified atom stereocenters. The zero-order valence-corrected chi connectivity index (χ0v) is 19.6. The second-order valence-corrected chi connectivity index (χ2v) is 9.05. The van der Waals surface area contributed by atoms with Gasteiger partial charge >= 0.3 is 18.0 Å². The quantitative estimate of drug-likeness (QED) is 0.548. The smallest absolute Gasteiger partial charge is 0.339 e. The lowest BCUT2D eigenvalue weighted by Gasteiger charge is -2.29. The number of carbonyl (C=O) groups is 3. The van der Waals surface area contributed by atoms with Crippen LogP contribution in [0.4, 0.5) is 4.79 Å². The Balaban J connectivity index is 1.94. The summed E-state index contributed by atoms with van der Waals surface area (Å²) in [6.45, 7) is 3.13. The van der Waals surface area contributed by atoms with Crippen LogP contribution in [0.5, 0.6) is 0 Å². The zero-order chi connectivity index (χ0) is 24.0. The SMILES string of the molecule is CCOC(=O)C1=C(COC(=O)c2ccccc2[S@](=O)CC)NC(=O)N[C@@H]1c1ccc(Cl)cc1. The van der Waals surface area contributed by atoms with Crippen molar-refractivity contribution in [2.45, 2.75) is 24.8 Å². The predicted octanol–water partition coefficient (Wildman–Crippen LogP) is 3.50. The van der Waals surface area contributed by atoms with E-state index in [1.807, 2.05) is 0 Å². The van der Waals surface area contributed by atoms with Gasteiger partial charge in [-0.15, -0.1) is 0 Å². The van der Waals surface area contributed by atoms with Crippen molar-refractivity contribution in [3.8, 4) is 0 Å². The molecule has 0 aromatic heterocycles. The molecule has 0 saturated heterocycles. The molecule has 174 valence electrons. The molecule has 2 aromatic carbocycles. The van der Waals surface area contributed by atoms with E-state index >= 15 is 0 Å². The van der Waals surface area contributed by atoms with Gasteiger partial charge in [-0.1, -0.05) is 42.8 Å². The average Bonchev–Trinajstić information content (AvgIpc) is 2.82. The molecular formula is C23H23ClN2O6S. The van der Waals surface area contributed by atoms with Gasteiger partial charge in [-0.25, -0.2) is 14.4 Å². The number of amides is 2. The van der Waals surface area contributed by atoms with E-state index in [0.717, 1.165) is 0 Å². The van der Waals surface area contributed by atoms with E-state index in [9.17, 15) is 18.6 Å². The van der Waals surface area contributed by atoms with Crippen LogP contribution in [0.1, 0.15) is 35.8 Å². The Morgan fingerprint density at radius 1 is 1.03 bits per heavy atom. The first kappa shape index (κ1) is 24.5. The standard InChI is InChI=1S/C23H23ClN2O6S/c1-3-31-22(28)19-17(25-23(29)26-20(19)14-9-11-15(24)12-10-14)13-32-21(27)16-7-5-6-8-18(16)33(30)4-2/h5-12,20H,3-4,13H2,1-2H3,(H2,25,26,29)/t20-,33-/m1/s1. The molecule has 1 heterocycles. The third-order valence-electron chi connectivity index (χ3n) is 4.81. The minimum absolute atomic E-state index is 0.0968. The normalized spacial score (nSPS) is 16.5. The van der Waals surface area contributed by atoms with E-state index in [4.69, 9.17) is 21.1 Å². The summed E-state index contributed by atoms with van der Waals surface area (Å²) in [6, 6.07) is 11.7. The van der Waals surface area contributed by atoms with Crippen molar-refractivity contribution in [3.63, 3.8) is 0 Å². The lowest BCUT2D eigenvalue weighted by atomic mass is 9.95. The highest BCUT2D eigenvalue weighted by molar-refractivity contribution is 7.85. The molecule has 2 N–H and O–H groups in total. The summed E-state index contributed by atoms with van der Waals surface area (Å²) in [5.41, 5.74) is 0.965. The number of nitrogens with one attached hydrogen (secondary N) is 2. The summed E-state index contributed by atoms with van der Waals surface area (Å²) in [6.07, 6.45) is 0. The molecule has 10 heteroatoms. The molecule has 2 atom stereocenters. The van der Waals surface area contributed by atoms with Crippen molar-refractivity contribution < 1.29 is 28.1 Å². The van der Waals surface area contributed by atoms with Gasteiger partial charge in [0.2, 0.25) is 0 Å². The van der Waals surface area contributed by atoms with Gasteiger partial charge in [-0.3, -0.25) is 4.21 Å².